The normalized spacial score (nSPS) is 11.0. The second kappa shape index (κ2) is 10.9. The van der Waals surface area contributed by atoms with Crippen molar-refractivity contribution < 1.29 is 19.5 Å². The van der Waals surface area contributed by atoms with Gasteiger partial charge in [-0.25, -0.2) is 0 Å². The number of hydrogen-bond donors (Lipinski definition) is 3. The number of aliphatic carboxylic acids is 1. The van der Waals surface area contributed by atoms with Gasteiger partial charge >= 0.3 is 5.97 Å². The highest BCUT2D eigenvalue weighted by atomic mass is 16.4. The molecule has 0 saturated carbocycles. The number of carbonyl (C=O) groups excluding carboxylic acids is 2. The van der Waals surface area contributed by atoms with Crippen LogP contribution in [0.5, 0.6) is 0 Å². The molecule has 0 bridgehead atoms. The van der Waals surface area contributed by atoms with E-state index in [1.165, 1.54) is 0 Å². The van der Waals surface area contributed by atoms with Crippen LogP contribution in [0.25, 0.3) is 0 Å². The first kappa shape index (κ1) is 20.2. The topological polar surface area (TPSA) is 123 Å². The molecule has 5 N–H and O–H groups in total. The summed E-state index contributed by atoms with van der Waals surface area (Å²) in [4.78, 5) is 33.6. The number of hydrogen-bond acceptors (Lipinski definition) is 5. The van der Waals surface area contributed by atoms with E-state index in [2.05, 4.69) is 0 Å². The average Bonchev–Trinajstić information content (AvgIpc) is 2.66. The summed E-state index contributed by atoms with van der Waals surface area (Å²) in [5, 5.41) is 8.24. The van der Waals surface area contributed by atoms with Gasteiger partial charge in [0.25, 0.3) is 0 Å². The molecule has 0 aliphatic rings. The van der Waals surface area contributed by atoms with E-state index in [0.29, 0.717) is 30.5 Å². The summed E-state index contributed by atoms with van der Waals surface area (Å²) >= 11 is 0. The highest BCUT2D eigenvalue weighted by Crippen LogP contribution is 2.07. The van der Waals surface area contributed by atoms with E-state index in [0.717, 1.165) is 0 Å². The minimum Gasteiger partial charge on any atom is -0.480 e. The van der Waals surface area contributed by atoms with Crippen LogP contribution in [0.4, 0.5) is 0 Å². The van der Waals surface area contributed by atoms with Crippen molar-refractivity contribution in [3.63, 3.8) is 0 Å². The van der Waals surface area contributed by atoms with Crippen LogP contribution in [-0.2, 0) is 4.79 Å². The van der Waals surface area contributed by atoms with Crippen LogP contribution < -0.4 is 11.5 Å². The lowest BCUT2D eigenvalue weighted by Gasteiger charge is -2.02. The molecule has 132 valence electrons. The van der Waals surface area contributed by atoms with Gasteiger partial charge in [-0.2, -0.15) is 0 Å². The zero-order valence-corrected chi connectivity index (χ0v) is 13.8. The Bertz CT molecular complexity index is 638. The van der Waals surface area contributed by atoms with Crippen molar-refractivity contribution in [2.75, 3.05) is 6.54 Å². The molecule has 0 heterocycles. The summed E-state index contributed by atoms with van der Waals surface area (Å²) in [6, 6.07) is 16.4. The Morgan fingerprint density at radius 1 is 0.840 bits per heavy atom. The Morgan fingerprint density at radius 3 is 1.56 bits per heavy atom. The first-order valence-corrected chi connectivity index (χ1v) is 7.85. The Kier molecular flexibility index (Phi) is 8.78. The van der Waals surface area contributed by atoms with Gasteiger partial charge in [-0.15, -0.1) is 0 Å². The van der Waals surface area contributed by atoms with Crippen LogP contribution in [0.3, 0.4) is 0 Å². The predicted octanol–water partition coefficient (Wildman–Crippen LogP) is 1.89. The van der Waals surface area contributed by atoms with Crippen molar-refractivity contribution in [2.45, 2.75) is 18.9 Å². The molecule has 0 aliphatic heterocycles. The van der Waals surface area contributed by atoms with Gasteiger partial charge < -0.3 is 16.6 Å². The summed E-state index contributed by atoms with van der Waals surface area (Å²) in [5.74, 6) is -1.89. The van der Waals surface area contributed by atoms with Crippen molar-refractivity contribution in [1.29, 1.82) is 0 Å². The second-order valence-electron chi connectivity index (χ2n) is 5.27. The standard InChI is InChI=1S/C14H10O2.C5H12N2O2/c15-13(11-7-3-1-4-8-11)14(16)12-9-5-2-6-10-12;6-3-1-2-4(7)5(8)9/h1-10H;4H,1-3,6-7H2,(H,8,9). The summed E-state index contributed by atoms with van der Waals surface area (Å²) in [6.07, 6.45) is 1.14. The van der Waals surface area contributed by atoms with Crippen molar-refractivity contribution in [3.8, 4) is 0 Å². The lowest BCUT2D eigenvalue weighted by molar-refractivity contribution is -0.138. The van der Waals surface area contributed by atoms with Crippen LogP contribution in [-0.4, -0.2) is 35.2 Å². The molecule has 2 rings (SSSR count). The van der Waals surface area contributed by atoms with Crippen LogP contribution in [0.2, 0.25) is 0 Å². The van der Waals surface area contributed by atoms with Gasteiger partial charge in [0.05, 0.1) is 0 Å². The maximum absolute atomic E-state index is 11.8. The molecule has 0 saturated heterocycles. The van der Waals surface area contributed by atoms with Crippen LogP contribution in [0, 0.1) is 0 Å². The molecule has 0 aromatic heterocycles. The molecule has 0 radical (unpaired) electrons. The molecule has 0 aliphatic carbocycles. The number of carboxylic acids is 1. The molecule has 0 amide bonds. The Hall–Kier alpha value is -2.83. The fourth-order valence-corrected chi connectivity index (χ4v) is 1.90. The van der Waals surface area contributed by atoms with E-state index in [4.69, 9.17) is 16.6 Å². The maximum atomic E-state index is 11.8. The maximum Gasteiger partial charge on any atom is 0.320 e. The minimum atomic E-state index is -0.955. The molecule has 6 nitrogen and oxygen atoms in total. The van der Waals surface area contributed by atoms with Crippen molar-refractivity contribution in [2.24, 2.45) is 11.5 Å². The quantitative estimate of drug-likeness (QED) is 0.521. The van der Waals surface area contributed by atoms with Gasteiger partial charge in [-0.1, -0.05) is 60.7 Å². The van der Waals surface area contributed by atoms with E-state index in [1.54, 1.807) is 48.5 Å². The fraction of sp³-hybridized carbons (Fsp3) is 0.211. The fourth-order valence-electron chi connectivity index (χ4n) is 1.90. The third-order valence-corrected chi connectivity index (χ3v) is 3.31. The summed E-state index contributed by atoms with van der Waals surface area (Å²) < 4.78 is 0. The number of nitrogens with two attached hydrogens (primary N) is 2. The largest absolute Gasteiger partial charge is 0.480 e. The first-order chi connectivity index (χ1) is 12.0. The van der Waals surface area contributed by atoms with E-state index < -0.39 is 23.6 Å². The highest BCUT2D eigenvalue weighted by Gasteiger charge is 2.17. The van der Waals surface area contributed by atoms with Gasteiger partial charge in [-0.05, 0) is 19.4 Å². The van der Waals surface area contributed by atoms with E-state index in [-0.39, 0.29) is 0 Å². The Balaban J connectivity index is 0.000000299. The monoisotopic (exact) mass is 342 g/mol. The van der Waals surface area contributed by atoms with E-state index >= 15 is 0 Å². The third-order valence-electron chi connectivity index (χ3n) is 3.31. The highest BCUT2D eigenvalue weighted by molar-refractivity contribution is 6.49. The number of carboxylic acid groups (broad SMARTS) is 1. The molecule has 2 aromatic carbocycles. The number of carbonyl (C=O) groups is 3. The zero-order chi connectivity index (χ0) is 18.7. The second-order valence-corrected chi connectivity index (χ2v) is 5.27. The van der Waals surface area contributed by atoms with Crippen LogP contribution in [0.15, 0.2) is 60.7 Å². The van der Waals surface area contributed by atoms with Gasteiger partial charge in [0.15, 0.2) is 0 Å². The number of ketones is 2. The lowest BCUT2D eigenvalue weighted by Crippen LogP contribution is -2.30. The molecular formula is C19H22N2O4. The molecule has 6 heteroatoms. The van der Waals surface area contributed by atoms with Crippen molar-refractivity contribution in [1.82, 2.24) is 0 Å². The molecule has 1 atom stereocenters. The van der Waals surface area contributed by atoms with Crippen LogP contribution >= 0.6 is 0 Å². The van der Waals surface area contributed by atoms with Crippen molar-refractivity contribution in [3.05, 3.63) is 71.8 Å². The Morgan fingerprint density at radius 2 is 1.24 bits per heavy atom. The minimum absolute atomic E-state index is 0.427. The Labute approximate surface area is 146 Å². The van der Waals surface area contributed by atoms with Gasteiger partial charge in [0, 0.05) is 11.1 Å². The summed E-state index contributed by atoms with van der Waals surface area (Å²) in [7, 11) is 0. The van der Waals surface area contributed by atoms with Crippen LogP contribution in [0.1, 0.15) is 33.6 Å². The van der Waals surface area contributed by atoms with Gasteiger partial charge in [0.1, 0.15) is 6.04 Å². The van der Waals surface area contributed by atoms with Gasteiger partial charge in [0.2, 0.25) is 11.6 Å². The molecule has 2 aromatic rings. The number of benzene rings is 2. The molecule has 0 fully saturated rings. The van der Waals surface area contributed by atoms with E-state index in [9.17, 15) is 14.4 Å². The molecule has 1 unspecified atom stereocenters. The third kappa shape index (κ3) is 7.07. The molecular weight excluding hydrogens is 320 g/mol. The summed E-state index contributed by atoms with van der Waals surface area (Å²) in [5.41, 5.74) is 11.1. The van der Waals surface area contributed by atoms with E-state index in [1.807, 2.05) is 12.1 Å². The molecule has 0 spiro atoms. The average molecular weight is 342 g/mol. The predicted molar refractivity (Wildman–Crippen MR) is 95.4 cm³/mol. The summed E-state index contributed by atoms with van der Waals surface area (Å²) in [6.45, 7) is 0.501. The number of Topliss-reactive ketones (excluding diaryl/α,β-unsaturated/α-hetero) is 2. The zero-order valence-electron chi connectivity index (χ0n) is 13.8. The molecule has 25 heavy (non-hydrogen) atoms. The van der Waals surface area contributed by atoms with Crippen molar-refractivity contribution >= 4 is 17.5 Å². The van der Waals surface area contributed by atoms with Gasteiger partial charge in [-0.3, -0.25) is 14.4 Å². The SMILES string of the molecule is NCCCC(N)C(=O)O.O=C(C(=O)c1ccccc1)c1ccccc1. The number of rotatable bonds is 7. The first-order valence-electron chi connectivity index (χ1n) is 7.85. The lowest BCUT2D eigenvalue weighted by atomic mass is 10.0. The smallest absolute Gasteiger partial charge is 0.320 e.